The van der Waals surface area contributed by atoms with Crippen LogP contribution in [0.5, 0.6) is 0 Å². The molecule has 0 bridgehead atoms. The first-order valence-electron chi connectivity index (χ1n) is 7.42. The average molecular weight is 257 g/mol. The summed E-state index contributed by atoms with van der Waals surface area (Å²) < 4.78 is 11.0. The van der Waals surface area contributed by atoms with E-state index >= 15 is 0 Å². The molecule has 0 aromatic rings. The summed E-state index contributed by atoms with van der Waals surface area (Å²) in [6.45, 7) is 3.89. The molecule has 0 radical (unpaired) electrons. The fourth-order valence-corrected chi connectivity index (χ4v) is 2.77. The van der Waals surface area contributed by atoms with Gasteiger partial charge in [-0.3, -0.25) is 0 Å². The van der Waals surface area contributed by atoms with Gasteiger partial charge in [-0.25, -0.2) is 0 Å². The molecule has 0 spiro atoms. The minimum absolute atomic E-state index is 0.370. The third kappa shape index (κ3) is 5.22. The summed E-state index contributed by atoms with van der Waals surface area (Å²) in [7, 11) is 0. The Hall–Kier alpha value is -0.160. The van der Waals surface area contributed by atoms with E-state index in [1.807, 2.05) is 0 Å². The van der Waals surface area contributed by atoms with Crippen LogP contribution in [-0.4, -0.2) is 50.2 Å². The molecule has 1 unspecified atom stereocenters. The van der Waals surface area contributed by atoms with Crippen molar-refractivity contribution in [2.45, 2.75) is 50.7 Å². The summed E-state index contributed by atoms with van der Waals surface area (Å²) in [5.74, 6) is 0.710. The van der Waals surface area contributed by atoms with Gasteiger partial charge in [0.1, 0.15) is 0 Å². The maximum Gasteiger partial charge on any atom is 0.0897 e. The number of hydrogen-bond donors (Lipinski definition) is 2. The second-order valence-electron chi connectivity index (χ2n) is 5.61. The molecule has 2 aliphatic rings. The van der Waals surface area contributed by atoms with Gasteiger partial charge in [0.25, 0.3) is 0 Å². The van der Waals surface area contributed by atoms with Crippen molar-refractivity contribution in [3.05, 3.63) is 0 Å². The molecule has 1 aliphatic carbocycles. The van der Waals surface area contributed by atoms with E-state index in [4.69, 9.17) is 9.47 Å². The lowest BCUT2D eigenvalue weighted by Crippen LogP contribution is -2.35. The highest BCUT2D eigenvalue weighted by molar-refractivity contribution is 4.70. The molecule has 1 atom stereocenters. The fraction of sp³-hybridized carbons (Fsp3) is 1.00. The maximum atomic E-state index is 9.83. The Labute approximate surface area is 110 Å². The van der Waals surface area contributed by atoms with Crippen molar-refractivity contribution in [3.8, 4) is 0 Å². The second-order valence-corrected chi connectivity index (χ2v) is 5.61. The van der Waals surface area contributed by atoms with Gasteiger partial charge in [0.2, 0.25) is 0 Å². The summed E-state index contributed by atoms with van der Waals surface area (Å²) in [5.41, 5.74) is 0. The van der Waals surface area contributed by atoms with Gasteiger partial charge in [-0.05, 0) is 38.1 Å². The Kier molecular flexibility index (Phi) is 6.41. The monoisotopic (exact) mass is 257 g/mol. The lowest BCUT2D eigenvalue weighted by molar-refractivity contribution is -0.00626. The summed E-state index contributed by atoms with van der Waals surface area (Å²) in [5, 5.41) is 13.2. The van der Waals surface area contributed by atoms with Crippen LogP contribution >= 0.6 is 0 Å². The molecule has 0 amide bonds. The normalized spacial score (nSPS) is 24.5. The smallest absolute Gasteiger partial charge is 0.0897 e. The molecule has 1 aliphatic heterocycles. The number of ether oxygens (including phenoxy) is 2. The van der Waals surface area contributed by atoms with Crippen LogP contribution in [0.3, 0.4) is 0 Å². The Morgan fingerprint density at radius 3 is 2.61 bits per heavy atom. The van der Waals surface area contributed by atoms with E-state index in [2.05, 4.69) is 5.32 Å². The van der Waals surface area contributed by atoms with Crippen LogP contribution in [0.15, 0.2) is 0 Å². The van der Waals surface area contributed by atoms with Crippen molar-refractivity contribution in [2.24, 2.45) is 5.92 Å². The molecule has 1 saturated heterocycles. The zero-order valence-corrected chi connectivity index (χ0v) is 11.3. The van der Waals surface area contributed by atoms with Gasteiger partial charge in [-0.2, -0.15) is 0 Å². The molecule has 1 heterocycles. The first-order valence-corrected chi connectivity index (χ1v) is 7.42. The van der Waals surface area contributed by atoms with E-state index in [0.717, 1.165) is 32.6 Å². The Morgan fingerprint density at radius 2 is 1.89 bits per heavy atom. The SMILES string of the molecule is OC(CNCC1CCOCC1)COC1CCCC1. The van der Waals surface area contributed by atoms with Gasteiger partial charge in [0.15, 0.2) is 0 Å². The molecular weight excluding hydrogens is 230 g/mol. The van der Waals surface area contributed by atoms with Crippen LogP contribution in [0.25, 0.3) is 0 Å². The van der Waals surface area contributed by atoms with E-state index in [9.17, 15) is 5.11 Å². The second kappa shape index (κ2) is 8.10. The Bertz CT molecular complexity index is 213. The average Bonchev–Trinajstić information content (AvgIpc) is 2.91. The highest BCUT2D eigenvalue weighted by Gasteiger charge is 2.17. The molecular formula is C14H27NO3. The third-order valence-corrected chi connectivity index (χ3v) is 3.98. The molecule has 4 nitrogen and oxygen atoms in total. The number of hydrogen-bond acceptors (Lipinski definition) is 4. The maximum absolute atomic E-state index is 9.83. The molecule has 18 heavy (non-hydrogen) atoms. The van der Waals surface area contributed by atoms with Crippen LogP contribution in [-0.2, 0) is 9.47 Å². The van der Waals surface area contributed by atoms with E-state index in [0.29, 0.717) is 25.2 Å². The van der Waals surface area contributed by atoms with E-state index in [1.165, 1.54) is 25.7 Å². The number of aliphatic hydroxyl groups excluding tert-OH is 1. The third-order valence-electron chi connectivity index (χ3n) is 3.98. The van der Waals surface area contributed by atoms with Gasteiger partial charge in [-0.15, -0.1) is 0 Å². The van der Waals surface area contributed by atoms with Gasteiger partial charge >= 0.3 is 0 Å². The highest BCUT2D eigenvalue weighted by Crippen LogP contribution is 2.20. The summed E-state index contributed by atoms with van der Waals surface area (Å²) in [4.78, 5) is 0. The van der Waals surface area contributed by atoms with Crippen molar-refractivity contribution in [3.63, 3.8) is 0 Å². The standard InChI is InChI=1S/C14H27NO3/c16-13(11-18-14-3-1-2-4-14)10-15-9-12-5-7-17-8-6-12/h12-16H,1-11H2. The predicted molar refractivity (Wildman–Crippen MR) is 70.6 cm³/mol. The summed E-state index contributed by atoms with van der Waals surface area (Å²) >= 11 is 0. The van der Waals surface area contributed by atoms with Gasteiger partial charge in [-0.1, -0.05) is 12.8 Å². The minimum Gasteiger partial charge on any atom is -0.389 e. The summed E-state index contributed by atoms with van der Waals surface area (Å²) in [6, 6.07) is 0. The van der Waals surface area contributed by atoms with Crippen molar-refractivity contribution >= 4 is 0 Å². The number of nitrogens with one attached hydrogen (secondary N) is 1. The molecule has 0 aromatic carbocycles. The molecule has 0 aromatic heterocycles. The van der Waals surface area contributed by atoms with Crippen LogP contribution in [0.1, 0.15) is 38.5 Å². The lowest BCUT2D eigenvalue weighted by atomic mass is 10.0. The van der Waals surface area contributed by atoms with Crippen molar-refractivity contribution in [1.29, 1.82) is 0 Å². The van der Waals surface area contributed by atoms with Crippen LogP contribution in [0.4, 0.5) is 0 Å². The van der Waals surface area contributed by atoms with E-state index < -0.39 is 0 Å². The van der Waals surface area contributed by atoms with Crippen LogP contribution in [0.2, 0.25) is 0 Å². The predicted octanol–water partition coefficient (Wildman–Crippen LogP) is 1.32. The summed E-state index contributed by atoms with van der Waals surface area (Å²) in [6.07, 6.45) is 7.21. The molecule has 2 N–H and O–H groups in total. The first kappa shape index (κ1) is 14.3. The zero-order valence-electron chi connectivity index (χ0n) is 11.3. The minimum atomic E-state index is -0.370. The van der Waals surface area contributed by atoms with Gasteiger partial charge in [0, 0.05) is 19.8 Å². The van der Waals surface area contributed by atoms with Gasteiger partial charge in [0.05, 0.1) is 18.8 Å². The van der Waals surface area contributed by atoms with Gasteiger partial charge < -0.3 is 19.9 Å². The van der Waals surface area contributed by atoms with Crippen LogP contribution in [0, 0.1) is 5.92 Å². The number of rotatable bonds is 7. The fourth-order valence-electron chi connectivity index (χ4n) is 2.77. The van der Waals surface area contributed by atoms with E-state index in [-0.39, 0.29) is 6.10 Å². The largest absolute Gasteiger partial charge is 0.389 e. The molecule has 4 heteroatoms. The number of aliphatic hydroxyl groups is 1. The topological polar surface area (TPSA) is 50.7 Å². The van der Waals surface area contributed by atoms with E-state index in [1.54, 1.807) is 0 Å². The first-order chi connectivity index (χ1) is 8.84. The Morgan fingerprint density at radius 1 is 1.17 bits per heavy atom. The molecule has 2 rings (SSSR count). The van der Waals surface area contributed by atoms with Crippen molar-refractivity contribution < 1.29 is 14.6 Å². The molecule has 1 saturated carbocycles. The molecule has 2 fully saturated rings. The molecule has 106 valence electrons. The lowest BCUT2D eigenvalue weighted by Gasteiger charge is -2.23. The highest BCUT2D eigenvalue weighted by atomic mass is 16.5. The van der Waals surface area contributed by atoms with Crippen molar-refractivity contribution in [2.75, 3.05) is 32.9 Å². The van der Waals surface area contributed by atoms with Crippen molar-refractivity contribution in [1.82, 2.24) is 5.32 Å². The van der Waals surface area contributed by atoms with Crippen LogP contribution < -0.4 is 5.32 Å². The zero-order chi connectivity index (χ0) is 12.6. The quantitative estimate of drug-likeness (QED) is 0.722. The Balaban J connectivity index is 1.47.